The summed E-state index contributed by atoms with van der Waals surface area (Å²) in [5.74, 6) is -0.787. The molecule has 0 radical (unpaired) electrons. The Hall–Kier alpha value is -2.12. The topological polar surface area (TPSA) is 57.7 Å². The Kier molecular flexibility index (Phi) is 5.20. The van der Waals surface area contributed by atoms with Gasteiger partial charge in [0.2, 0.25) is 15.9 Å². The summed E-state index contributed by atoms with van der Waals surface area (Å²) in [7, 11) is -3.65. The third-order valence-electron chi connectivity index (χ3n) is 4.31. The van der Waals surface area contributed by atoms with Gasteiger partial charge in [-0.15, -0.1) is 0 Å². The lowest BCUT2D eigenvalue weighted by Gasteiger charge is -2.24. The third-order valence-corrected chi connectivity index (χ3v) is 5.79. The molecule has 0 fully saturated rings. The molecule has 2 aromatic rings. The van der Waals surface area contributed by atoms with Gasteiger partial charge in [0.05, 0.1) is 17.0 Å². The first kappa shape index (κ1) is 18.7. The van der Waals surface area contributed by atoms with E-state index in [1.54, 1.807) is 4.90 Å². The van der Waals surface area contributed by atoms with Gasteiger partial charge in [0.1, 0.15) is 5.82 Å². The van der Waals surface area contributed by atoms with Gasteiger partial charge in [-0.25, -0.2) is 12.8 Å². The molecule has 138 valence electrons. The van der Waals surface area contributed by atoms with Crippen molar-refractivity contribution in [3.8, 4) is 0 Å². The molecule has 2 aromatic carbocycles. The molecule has 0 atom stereocenters. The molecule has 0 spiro atoms. The molecule has 0 unspecified atom stereocenters. The molecule has 26 heavy (non-hydrogen) atoms. The first-order valence-electron chi connectivity index (χ1n) is 8.08. The van der Waals surface area contributed by atoms with E-state index in [9.17, 15) is 17.6 Å². The van der Waals surface area contributed by atoms with Crippen molar-refractivity contribution in [1.82, 2.24) is 0 Å². The first-order valence-corrected chi connectivity index (χ1v) is 10.3. The number of carbonyl (C=O) groups excluding carboxylic acids is 1. The Morgan fingerprint density at radius 3 is 2.69 bits per heavy atom. The van der Waals surface area contributed by atoms with Crippen LogP contribution in [0, 0.1) is 5.82 Å². The highest BCUT2D eigenvalue weighted by Gasteiger charge is 2.26. The van der Waals surface area contributed by atoms with E-state index in [-0.39, 0.29) is 29.6 Å². The number of carbonyl (C=O) groups is 1. The maximum absolute atomic E-state index is 13.4. The smallest absolute Gasteiger partial charge is 0.232 e. The van der Waals surface area contributed by atoms with E-state index in [2.05, 4.69) is 0 Å². The van der Waals surface area contributed by atoms with Crippen LogP contribution < -0.4 is 9.21 Å². The number of sulfonamides is 1. The summed E-state index contributed by atoms with van der Waals surface area (Å²) in [4.78, 5) is 14.3. The molecule has 0 aliphatic carbocycles. The van der Waals surface area contributed by atoms with E-state index in [4.69, 9.17) is 11.6 Å². The van der Waals surface area contributed by atoms with Crippen molar-refractivity contribution in [3.63, 3.8) is 0 Å². The number of hydrogen-bond acceptors (Lipinski definition) is 3. The average Bonchev–Trinajstić information content (AvgIpc) is 3.01. The van der Waals surface area contributed by atoms with Crippen LogP contribution in [0.5, 0.6) is 0 Å². The number of hydrogen-bond donors (Lipinski definition) is 0. The van der Waals surface area contributed by atoms with Gasteiger partial charge in [0.15, 0.2) is 0 Å². The van der Waals surface area contributed by atoms with Crippen LogP contribution >= 0.6 is 11.6 Å². The summed E-state index contributed by atoms with van der Waals surface area (Å²) in [6.45, 7) is 0.539. The number of halogens is 2. The number of amides is 1. The quantitative estimate of drug-likeness (QED) is 0.779. The molecule has 1 heterocycles. The van der Waals surface area contributed by atoms with Crippen LogP contribution in [0.4, 0.5) is 15.8 Å². The Morgan fingerprint density at radius 2 is 2.00 bits per heavy atom. The number of benzene rings is 2. The molecule has 8 heteroatoms. The van der Waals surface area contributed by atoms with Crippen LogP contribution in [0.2, 0.25) is 5.02 Å². The van der Waals surface area contributed by atoms with Crippen LogP contribution in [0.25, 0.3) is 0 Å². The molecule has 0 N–H and O–H groups in total. The Bertz CT molecular complexity index is 949. The lowest BCUT2D eigenvalue weighted by molar-refractivity contribution is -0.118. The van der Waals surface area contributed by atoms with Gasteiger partial charge in [0.25, 0.3) is 0 Å². The summed E-state index contributed by atoms with van der Waals surface area (Å²) in [6.07, 6.45) is 1.83. The minimum absolute atomic E-state index is 0.0103. The SMILES string of the molecule is CS(=O)(=O)N(CCC(=O)N1CCc2ccccc21)c1ccc(F)c(Cl)c1. The highest BCUT2D eigenvalue weighted by molar-refractivity contribution is 7.92. The minimum Gasteiger partial charge on any atom is -0.312 e. The normalized spacial score (nSPS) is 13.6. The van der Waals surface area contributed by atoms with E-state index < -0.39 is 15.8 Å². The van der Waals surface area contributed by atoms with Gasteiger partial charge in [-0.3, -0.25) is 9.10 Å². The molecule has 1 amide bonds. The number of anilines is 2. The fraction of sp³-hybridized carbons (Fsp3) is 0.278. The van der Waals surface area contributed by atoms with Crippen molar-refractivity contribution < 1.29 is 17.6 Å². The van der Waals surface area contributed by atoms with Crippen molar-refractivity contribution in [2.45, 2.75) is 12.8 Å². The molecule has 0 bridgehead atoms. The summed E-state index contributed by atoms with van der Waals surface area (Å²) in [6, 6.07) is 11.3. The largest absolute Gasteiger partial charge is 0.312 e. The summed E-state index contributed by atoms with van der Waals surface area (Å²) in [5.41, 5.74) is 2.20. The predicted octanol–water partition coefficient (Wildman–Crippen LogP) is 3.22. The van der Waals surface area contributed by atoms with Gasteiger partial charge >= 0.3 is 0 Å². The number of fused-ring (bicyclic) bond motifs is 1. The zero-order chi connectivity index (χ0) is 18.9. The molecule has 3 rings (SSSR count). The number of para-hydroxylation sites is 1. The van der Waals surface area contributed by atoms with Crippen molar-refractivity contribution in [3.05, 3.63) is 58.9 Å². The number of nitrogens with zero attached hydrogens (tertiary/aromatic N) is 2. The monoisotopic (exact) mass is 396 g/mol. The van der Waals surface area contributed by atoms with Crippen molar-refractivity contribution in [1.29, 1.82) is 0 Å². The fourth-order valence-corrected chi connectivity index (χ4v) is 4.15. The van der Waals surface area contributed by atoms with E-state index in [0.29, 0.717) is 6.54 Å². The Balaban J connectivity index is 1.77. The lowest BCUT2D eigenvalue weighted by atomic mass is 10.2. The molecular weight excluding hydrogens is 379 g/mol. The molecule has 5 nitrogen and oxygen atoms in total. The Morgan fingerprint density at radius 1 is 1.27 bits per heavy atom. The minimum atomic E-state index is -3.65. The summed E-state index contributed by atoms with van der Waals surface area (Å²) < 4.78 is 38.7. The van der Waals surface area contributed by atoms with Crippen molar-refractivity contribution in [2.75, 3.05) is 28.6 Å². The van der Waals surface area contributed by atoms with Gasteiger partial charge in [-0.05, 0) is 36.2 Å². The second kappa shape index (κ2) is 7.25. The molecule has 1 aliphatic rings. The van der Waals surface area contributed by atoms with Crippen LogP contribution in [0.3, 0.4) is 0 Å². The molecule has 0 saturated heterocycles. The lowest BCUT2D eigenvalue weighted by Crippen LogP contribution is -2.36. The van der Waals surface area contributed by atoms with Crippen LogP contribution in [0.15, 0.2) is 42.5 Å². The van der Waals surface area contributed by atoms with Crippen LogP contribution in [-0.4, -0.2) is 33.7 Å². The average molecular weight is 397 g/mol. The van der Waals surface area contributed by atoms with Crippen molar-refractivity contribution >= 4 is 38.9 Å². The van der Waals surface area contributed by atoms with Crippen LogP contribution in [-0.2, 0) is 21.2 Å². The summed E-state index contributed by atoms with van der Waals surface area (Å²) >= 11 is 5.76. The van der Waals surface area contributed by atoms with Gasteiger partial charge in [-0.2, -0.15) is 0 Å². The van der Waals surface area contributed by atoms with E-state index in [1.807, 2.05) is 24.3 Å². The maximum Gasteiger partial charge on any atom is 0.232 e. The highest BCUT2D eigenvalue weighted by atomic mass is 35.5. The van der Waals surface area contributed by atoms with Gasteiger partial charge in [-0.1, -0.05) is 29.8 Å². The first-order chi connectivity index (χ1) is 12.3. The van der Waals surface area contributed by atoms with E-state index in [1.165, 1.54) is 12.1 Å². The highest BCUT2D eigenvalue weighted by Crippen LogP contribution is 2.29. The fourth-order valence-electron chi connectivity index (χ4n) is 3.06. The van der Waals surface area contributed by atoms with Crippen molar-refractivity contribution in [2.24, 2.45) is 0 Å². The Labute approximate surface area is 157 Å². The third kappa shape index (κ3) is 3.83. The zero-order valence-electron chi connectivity index (χ0n) is 14.2. The van der Waals surface area contributed by atoms with Gasteiger partial charge < -0.3 is 4.90 Å². The zero-order valence-corrected chi connectivity index (χ0v) is 15.7. The second-order valence-electron chi connectivity index (χ2n) is 6.11. The van der Waals surface area contributed by atoms with E-state index in [0.717, 1.165) is 34.3 Å². The summed E-state index contributed by atoms with van der Waals surface area (Å²) in [5, 5.41) is -0.170. The van der Waals surface area contributed by atoms with Gasteiger partial charge in [0, 0.05) is 25.2 Å². The van der Waals surface area contributed by atoms with E-state index >= 15 is 0 Å². The van der Waals surface area contributed by atoms with Crippen LogP contribution in [0.1, 0.15) is 12.0 Å². The molecule has 0 saturated carbocycles. The maximum atomic E-state index is 13.4. The molecular formula is C18H18ClFN2O3S. The molecule has 0 aromatic heterocycles. The standard InChI is InChI=1S/C18H18ClFN2O3S/c1-26(24,25)22(14-6-7-16(20)15(19)12-14)11-9-18(23)21-10-8-13-4-2-3-5-17(13)21/h2-7,12H,8-11H2,1H3. The number of rotatable bonds is 5. The molecule has 1 aliphatic heterocycles. The predicted molar refractivity (Wildman–Crippen MR) is 101 cm³/mol. The second-order valence-corrected chi connectivity index (χ2v) is 8.42.